The van der Waals surface area contributed by atoms with Gasteiger partial charge in [0.25, 0.3) is 0 Å². The molecule has 4 aliphatic heterocycles. The summed E-state index contributed by atoms with van der Waals surface area (Å²) in [6.07, 6.45) is 7.80. The van der Waals surface area contributed by atoms with Crippen molar-refractivity contribution in [2.45, 2.75) is 93.2 Å². The van der Waals surface area contributed by atoms with E-state index in [1.54, 1.807) is 0 Å². The summed E-state index contributed by atoms with van der Waals surface area (Å²) in [7, 11) is 0. The number of thioether (sulfide) groups is 2. The van der Waals surface area contributed by atoms with E-state index in [-0.39, 0.29) is 37.2 Å². The third-order valence-corrected chi connectivity index (χ3v) is 11.3. The van der Waals surface area contributed by atoms with Crippen LogP contribution in [0.15, 0.2) is 0 Å². The second-order valence-electron chi connectivity index (χ2n) is 11.4. The molecular formula is C29H47N3O9S2. The highest BCUT2D eigenvalue weighted by atomic mass is 32.2. The largest absolute Gasteiger partial charge is 0.481 e. The Labute approximate surface area is 261 Å². The second-order valence-corrected chi connectivity index (χ2v) is 14.0. The lowest BCUT2D eigenvalue weighted by molar-refractivity contribution is -0.138. The zero-order valence-electron chi connectivity index (χ0n) is 24.8. The molecule has 4 heterocycles. The quantitative estimate of drug-likeness (QED) is 0.130. The Morgan fingerprint density at radius 1 is 0.721 bits per heavy atom. The minimum absolute atomic E-state index is 0.00819. The van der Waals surface area contributed by atoms with E-state index in [0.717, 1.165) is 50.0 Å². The molecule has 0 aliphatic carbocycles. The normalized spacial score (nSPS) is 27.1. The van der Waals surface area contributed by atoms with Gasteiger partial charge in [0, 0.05) is 78.2 Å². The molecule has 0 aromatic heterocycles. The Morgan fingerprint density at radius 3 is 1.77 bits per heavy atom. The van der Waals surface area contributed by atoms with Crippen LogP contribution in [0.1, 0.15) is 70.6 Å². The minimum atomic E-state index is -0.879. The number of carbonyl (C=O) groups is 5. The van der Waals surface area contributed by atoms with Crippen molar-refractivity contribution in [3.8, 4) is 0 Å². The first-order chi connectivity index (χ1) is 20.7. The van der Waals surface area contributed by atoms with Gasteiger partial charge in [0.05, 0.1) is 32.8 Å². The molecule has 244 valence electrons. The Kier molecular flexibility index (Phi) is 16.0. The number of ether oxygens (including phenoxy) is 2. The Morgan fingerprint density at radius 2 is 1.23 bits per heavy atom. The lowest BCUT2D eigenvalue weighted by atomic mass is 9.94. The molecule has 4 fully saturated rings. The predicted molar refractivity (Wildman–Crippen MR) is 164 cm³/mol. The fourth-order valence-electron chi connectivity index (χ4n) is 5.95. The van der Waals surface area contributed by atoms with E-state index < -0.39 is 11.9 Å². The highest BCUT2D eigenvalue weighted by Gasteiger charge is 2.43. The average molecular weight is 646 g/mol. The smallest absolute Gasteiger partial charge is 0.305 e. The molecule has 0 bridgehead atoms. The van der Waals surface area contributed by atoms with E-state index in [0.29, 0.717) is 80.0 Å². The molecule has 0 spiro atoms. The summed E-state index contributed by atoms with van der Waals surface area (Å²) in [4.78, 5) is 55.1. The third-order valence-electron chi connectivity index (χ3n) is 8.18. The summed E-state index contributed by atoms with van der Waals surface area (Å²) < 4.78 is 10.4. The fraction of sp³-hybridized carbons (Fsp3) is 0.828. The van der Waals surface area contributed by atoms with Gasteiger partial charge in [0.15, 0.2) is 0 Å². The van der Waals surface area contributed by atoms with E-state index >= 15 is 0 Å². The number of hydrogen-bond donors (Lipinski definition) is 5. The summed E-state index contributed by atoms with van der Waals surface area (Å²) in [6, 6.07) is 0.736. The van der Waals surface area contributed by atoms with Gasteiger partial charge in [-0.25, -0.2) is 0 Å². The van der Waals surface area contributed by atoms with Crippen LogP contribution in [-0.4, -0.2) is 107 Å². The van der Waals surface area contributed by atoms with Crippen LogP contribution in [-0.2, 0) is 33.4 Å². The topological polar surface area (TPSA) is 180 Å². The van der Waals surface area contributed by atoms with Crippen molar-refractivity contribution in [2.75, 3.05) is 44.5 Å². The van der Waals surface area contributed by atoms with Crippen molar-refractivity contribution >= 4 is 53.2 Å². The van der Waals surface area contributed by atoms with E-state index in [2.05, 4.69) is 16.0 Å². The lowest BCUT2D eigenvalue weighted by Gasteiger charge is -2.15. The zero-order valence-corrected chi connectivity index (χ0v) is 26.4. The lowest BCUT2D eigenvalue weighted by Crippen LogP contribution is -2.29. The highest BCUT2D eigenvalue weighted by molar-refractivity contribution is 8.00. The number of carboxylic acids is 2. The maximum Gasteiger partial charge on any atom is 0.305 e. The Balaban J connectivity index is 0.000000268. The van der Waals surface area contributed by atoms with Crippen molar-refractivity contribution in [1.82, 2.24) is 16.0 Å². The van der Waals surface area contributed by atoms with E-state index in [9.17, 15) is 24.0 Å². The van der Waals surface area contributed by atoms with Gasteiger partial charge in [-0.15, -0.1) is 0 Å². The van der Waals surface area contributed by atoms with Crippen LogP contribution < -0.4 is 16.0 Å². The molecule has 0 aromatic rings. The molecule has 0 saturated carbocycles. The summed E-state index contributed by atoms with van der Waals surface area (Å²) in [5.74, 6) is 1.82. The first kappa shape index (κ1) is 35.4. The van der Waals surface area contributed by atoms with Crippen LogP contribution in [0.3, 0.4) is 0 Å². The second kappa shape index (κ2) is 19.4. The van der Waals surface area contributed by atoms with Gasteiger partial charge in [-0.3, -0.25) is 24.0 Å². The van der Waals surface area contributed by atoms with Crippen molar-refractivity contribution < 1.29 is 43.7 Å². The van der Waals surface area contributed by atoms with Crippen LogP contribution in [0.4, 0.5) is 0 Å². The van der Waals surface area contributed by atoms with Crippen molar-refractivity contribution in [3.63, 3.8) is 0 Å². The molecular weight excluding hydrogens is 598 g/mol. The SMILES string of the molecule is O=C(O)CCCCC1SCC2NC(=O)CC21.O=C(O)CCOCCOCCNC(=O)CCCCC1SCC2NC(=O)CC21. The number of fused-ring (bicyclic) bond motifs is 2. The van der Waals surface area contributed by atoms with Gasteiger partial charge < -0.3 is 35.6 Å². The van der Waals surface area contributed by atoms with Crippen molar-refractivity contribution in [3.05, 3.63) is 0 Å². The van der Waals surface area contributed by atoms with E-state index in [4.69, 9.17) is 19.7 Å². The maximum absolute atomic E-state index is 11.8. The molecule has 6 atom stereocenters. The molecule has 14 heteroatoms. The first-order valence-corrected chi connectivity index (χ1v) is 17.5. The van der Waals surface area contributed by atoms with Crippen molar-refractivity contribution in [1.29, 1.82) is 0 Å². The van der Waals surface area contributed by atoms with Gasteiger partial charge in [-0.2, -0.15) is 23.5 Å². The Bertz CT molecular complexity index is 941. The molecule has 0 aromatic carbocycles. The minimum Gasteiger partial charge on any atom is -0.481 e. The maximum atomic E-state index is 11.8. The van der Waals surface area contributed by atoms with Crippen molar-refractivity contribution in [2.24, 2.45) is 11.8 Å². The molecule has 4 aliphatic rings. The van der Waals surface area contributed by atoms with Gasteiger partial charge in [-0.1, -0.05) is 12.8 Å². The summed E-state index contributed by atoms with van der Waals surface area (Å²) in [5, 5.41) is 26.9. The number of rotatable bonds is 19. The molecule has 43 heavy (non-hydrogen) atoms. The number of amides is 3. The molecule has 4 saturated heterocycles. The number of aliphatic carboxylic acids is 2. The molecule has 6 unspecified atom stereocenters. The number of unbranched alkanes of at least 4 members (excludes halogenated alkanes) is 2. The van der Waals surface area contributed by atoms with Gasteiger partial charge in [0.2, 0.25) is 17.7 Å². The standard InChI is InChI=1S/C18H30N2O6S.C11H17NO3S/c21-16(19-6-8-26-10-9-25-7-5-18(23)24)4-2-1-3-15-13-11-17(22)20-14(13)12-27-15;13-10-5-7-8(12-10)6-16-9(7)3-1-2-4-11(14)15/h13-15H,1-12H2,(H,19,21)(H,20,22)(H,23,24);7-9H,1-6H2,(H,12,13)(H,14,15). The van der Waals surface area contributed by atoms with Gasteiger partial charge in [0.1, 0.15) is 0 Å². The predicted octanol–water partition coefficient (Wildman–Crippen LogP) is 2.04. The summed E-state index contributed by atoms with van der Waals surface area (Å²) >= 11 is 3.88. The molecule has 12 nitrogen and oxygen atoms in total. The third kappa shape index (κ3) is 13.2. The number of carbonyl (C=O) groups excluding carboxylic acids is 3. The molecule has 4 rings (SSSR count). The molecule has 3 amide bonds. The number of nitrogens with one attached hydrogen (secondary N) is 3. The zero-order chi connectivity index (χ0) is 31.0. The summed E-state index contributed by atoms with van der Waals surface area (Å²) in [6.45, 7) is 1.79. The van der Waals surface area contributed by atoms with E-state index in [1.165, 1.54) is 0 Å². The average Bonchev–Trinajstić information content (AvgIpc) is 3.70. The monoisotopic (exact) mass is 645 g/mol. The molecule has 5 N–H and O–H groups in total. The fourth-order valence-corrected chi connectivity index (χ4v) is 9.25. The van der Waals surface area contributed by atoms with Crippen LogP contribution in [0, 0.1) is 11.8 Å². The summed E-state index contributed by atoms with van der Waals surface area (Å²) in [5.41, 5.74) is 0. The number of carboxylic acid groups (broad SMARTS) is 2. The first-order valence-electron chi connectivity index (χ1n) is 15.4. The Hall–Kier alpha value is -2.03. The number of hydrogen-bond acceptors (Lipinski definition) is 9. The molecule has 0 radical (unpaired) electrons. The highest BCUT2D eigenvalue weighted by Crippen LogP contribution is 2.41. The van der Waals surface area contributed by atoms with Crippen LogP contribution in [0.5, 0.6) is 0 Å². The van der Waals surface area contributed by atoms with Gasteiger partial charge in [-0.05, 0) is 25.7 Å². The van der Waals surface area contributed by atoms with Gasteiger partial charge >= 0.3 is 11.9 Å². The van der Waals surface area contributed by atoms with E-state index in [1.807, 2.05) is 23.5 Å². The van der Waals surface area contributed by atoms with Crippen LogP contribution in [0.2, 0.25) is 0 Å². The van der Waals surface area contributed by atoms with Crippen LogP contribution >= 0.6 is 23.5 Å². The van der Waals surface area contributed by atoms with Crippen LogP contribution in [0.25, 0.3) is 0 Å².